The monoisotopic (exact) mass is 243 g/mol. The van der Waals surface area contributed by atoms with Gasteiger partial charge in [-0.15, -0.1) is 11.3 Å². The summed E-state index contributed by atoms with van der Waals surface area (Å²) in [4.78, 5) is 22.1. The van der Waals surface area contributed by atoms with Gasteiger partial charge in [-0.3, -0.25) is 5.32 Å². The molecule has 0 saturated heterocycles. The van der Waals surface area contributed by atoms with Crippen LogP contribution in [0.4, 0.5) is 9.80 Å². The minimum atomic E-state index is -1.06. The summed E-state index contributed by atoms with van der Waals surface area (Å²) in [5, 5.41) is 15.8. The number of hydrogen-bond acceptors (Lipinski definition) is 4. The van der Waals surface area contributed by atoms with Crippen molar-refractivity contribution in [2.24, 2.45) is 5.73 Å². The Kier molecular flexibility index (Phi) is 4.74. The first-order valence-corrected chi connectivity index (χ1v) is 5.59. The third-order valence-electron chi connectivity index (χ3n) is 1.79. The molecule has 0 aliphatic carbocycles. The van der Waals surface area contributed by atoms with Crippen molar-refractivity contribution in [2.75, 3.05) is 18.4 Å². The number of thiophene rings is 1. The fourth-order valence-electron chi connectivity index (χ4n) is 1.03. The first-order chi connectivity index (χ1) is 7.65. The molecular formula is C9H13N3O3S. The molecule has 2 amide bonds. The van der Waals surface area contributed by atoms with E-state index in [0.29, 0.717) is 24.5 Å². The molecular weight excluding hydrogens is 230 g/mol. The maximum atomic E-state index is 11.3. The largest absolute Gasteiger partial charge is 0.478 e. The van der Waals surface area contributed by atoms with Gasteiger partial charge >= 0.3 is 12.0 Å². The van der Waals surface area contributed by atoms with Gasteiger partial charge < -0.3 is 16.2 Å². The van der Waals surface area contributed by atoms with E-state index in [4.69, 9.17) is 10.8 Å². The maximum absolute atomic E-state index is 11.3. The molecule has 0 aliphatic heterocycles. The first kappa shape index (κ1) is 12.5. The quantitative estimate of drug-likeness (QED) is 0.577. The normalized spacial score (nSPS) is 9.81. The van der Waals surface area contributed by atoms with E-state index in [1.807, 2.05) is 0 Å². The van der Waals surface area contributed by atoms with Crippen molar-refractivity contribution in [3.05, 3.63) is 17.0 Å². The third kappa shape index (κ3) is 3.52. The summed E-state index contributed by atoms with van der Waals surface area (Å²) in [5.74, 6) is -1.06. The van der Waals surface area contributed by atoms with E-state index in [0.717, 1.165) is 0 Å². The van der Waals surface area contributed by atoms with Gasteiger partial charge in [0.1, 0.15) is 5.00 Å². The van der Waals surface area contributed by atoms with Crippen molar-refractivity contribution < 1.29 is 14.7 Å². The SMILES string of the molecule is NCCCNC(=O)Nc1sccc1C(=O)O. The van der Waals surface area contributed by atoms with Crippen molar-refractivity contribution in [2.45, 2.75) is 6.42 Å². The first-order valence-electron chi connectivity index (χ1n) is 4.71. The fourth-order valence-corrected chi connectivity index (χ4v) is 1.80. The van der Waals surface area contributed by atoms with Crippen LogP contribution in [0.3, 0.4) is 0 Å². The number of carboxylic acids is 1. The van der Waals surface area contributed by atoms with Gasteiger partial charge in [0.15, 0.2) is 0 Å². The van der Waals surface area contributed by atoms with E-state index in [-0.39, 0.29) is 5.56 Å². The molecule has 0 unspecified atom stereocenters. The van der Waals surface area contributed by atoms with Crippen molar-refractivity contribution >= 4 is 28.3 Å². The number of carbonyl (C=O) groups is 2. The summed E-state index contributed by atoms with van der Waals surface area (Å²) in [6.07, 6.45) is 0.684. The lowest BCUT2D eigenvalue weighted by Gasteiger charge is -2.05. The van der Waals surface area contributed by atoms with Gasteiger partial charge in [-0.05, 0) is 24.4 Å². The summed E-state index contributed by atoms with van der Waals surface area (Å²) in [6.45, 7) is 0.968. The highest BCUT2D eigenvalue weighted by atomic mass is 32.1. The Morgan fingerprint density at radius 2 is 2.25 bits per heavy atom. The summed E-state index contributed by atoms with van der Waals surface area (Å²) < 4.78 is 0. The number of urea groups is 1. The second-order valence-corrected chi connectivity index (χ2v) is 3.91. The molecule has 88 valence electrons. The van der Waals surface area contributed by atoms with Crippen LogP contribution < -0.4 is 16.4 Å². The standard InChI is InChI=1S/C9H13N3O3S/c10-3-1-4-11-9(15)12-7-6(8(13)14)2-5-16-7/h2,5H,1,3-4,10H2,(H,13,14)(H2,11,12,15). The molecule has 0 saturated carbocycles. The average Bonchev–Trinajstić information content (AvgIpc) is 2.66. The summed E-state index contributed by atoms with van der Waals surface area (Å²) >= 11 is 1.17. The van der Waals surface area contributed by atoms with Gasteiger partial charge in [0.25, 0.3) is 0 Å². The second-order valence-electron chi connectivity index (χ2n) is 2.99. The number of anilines is 1. The Hall–Kier alpha value is -1.60. The van der Waals surface area contributed by atoms with Crippen LogP contribution in [0, 0.1) is 0 Å². The zero-order valence-electron chi connectivity index (χ0n) is 8.53. The Bertz CT molecular complexity index is 378. The summed E-state index contributed by atoms with van der Waals surface area (Å²) in [6, 6.07) is 1.03. The number of carbonyl (C=O) groups excluding carboxylic acids is 1. The van der Waals surface area contributed by atoms with Crippen LogP contribution in [0.1, 0.15) is 16.8 Å². The molecule has 0 aliphatic rings. The second kappa shape index (κ2) is 6.09. The Labute approximate surface area is 96.5 Å². The van der Waals surface area contributed by atoms with Gasteiger partial charge in [-0.25, -0.2) is 9.59 Å². The van der Waals surface area contributed by atoms with Crippen LogP contribution in [-0.4, -0.2) is 30.2 Å². The minimum absolute atomic E-state index is 0.0963. The molecule has 0 atom stereocenters. The van der Waals surface area contributed by atoms with E-state index < -0.39 is 12.0 Å². The van der Waals surface area contributed by atoms with Crippen molar-refractivity contribution in [3.63, 3.8) is 0 Å². The predicted octanol–water partition coefficient (Wildman–Crippen LogP) is 0.917. The number of amides is 2. The molecule has 0 fully saturated rings. The number of aromatic carboxylic acids is 1. The van der Waals surface area contributed by atoms with Crippen molar-refractivity contribution in [1.82, 2.24) is 5.32 Å². The van der Waals surface area contributed by atoms with Crippen LogP contribution in [-0.2, 0) is 0 Å². The molecule has 1 rings (SSSR count). The third-order valence-corrected chi connectivity index (χ3v) is 2.62. The van der Waals surface area contributed by atoms with Gasteiger partial charge in [0.2, 0.25) is 0 Å². The lowest BCUT2D eigenvalue weighted by atomic mass is 10.3. The maximum Gasteiger partial charge on any atom is 0.338 e. The van der Waals surface area contributed by atoms with Crippen LogP contribution in [0.2, 0.25) is 0 Å². The zero-order valence-corrected chi connectivity index (χ0v) is 9.34. The molecule has 0 spiro atoms. The van der Waals surface area contributed by atoms with E-state index >= 15 is 0 Å². The Balaban J connectivity index is 2.49. The number of carboxylic acid groups (broad SMARTS) is 1. The van der Waals surface area contributed by atoms with E-state index in [1.54, 1.807) is 5.38 Å². The molecule has 1 aromatic rings. The molecule has 16 heavy (non-hydrogen) atoms. The van der Waals surface area contributed by atoms with Crippen LogP contribution >= 0.6 is 11.3 Å². The number of rotatable bonds is 5. The van der Waals surface area contributed by atoms with E-state index in [9.17, 15) is 9.59 Å². The summed E-state index contributed by atoms with van der Waals surface area (Å²) in [5.41, 5.74) is 5.36. The summed E-state index contributed by atoms with van der Waals surface area (Å²) in [7, 11) is 0. The lowest BCUT2D eigenvalue weighted by molar-refractivity contribution is 0.0698. The number of hydrogen-bond donors (Lipinski definition) is 4. The molecule has 0 radical (unpaired) electrons. The number of nitrogens with two attached hydrogens (primary N) is 1. The molecule has 0 bridgehead atoms. The number of nitrogens with one attached hydrogen (secondary N) is 2. The molecule has 1 heterocycles. The average molecular weight is 243 g/mol. The van der Waals surface area contributed by atoms with E-state index in [2.05, 4.69) is 10.6 Å². The topological polar surface area (TPSA) is 104 Å². The molecule has 1 aromatic heterocycles. The van der Waals surface area contributed by atoms with Crippen LogP contribution in [0.5, 0.6) is 0 Å². The van der Waals surface area contributed by atoms with Gasteiger partial charge in [0.05, 0.1) is 5.56 Å². The van der Waals surface area contributed by atoms with Crippen LogP contribution in [0.15, 0.2) is 11.4 Å². The predicted molar refractivity (Wildman–Crippen MR) is 62.0 cm³/mol. The van der Waals surface area contributed by atoms with Gasteiger partial charge in [0, 0.05) is 6.54 Å². The molecule has 6 nitrogen and oxygen atoms in total. The van der Waals surface area contributed by atoms with Crippen molar-refractivity contribution in [3.8, 4) is 0 Å². The highest BCUT2D eigenvalue weighted by Crippen LogP contribution is 2.22. The van der Waals surface area contributed by atoms with Crippen molar-refractivity contribution in [1.29, 1.82) is 0 Å². The van der Waals surface area contributed by atoms with Gasteiger partial charge in [-0.2, -0.15) is 0 Å². The minimum Gasteiger partial charge on any atom is -0.478 e. The van der Waals surface area contributed by atoms with Crippen LogP contribution in [0.25, 0.3) is 0 Å². The fraction of sp³-hybridized carbons (Fsp3) is 0.333. The highest BCUT2D eigenvalue weighted by molar-refractivity contribution is 7.14. The van der Waals surface area contributed by atoms with E-state index in [1.165, 1.54) is 17.4 Å². The Morgan fingerprint density at radius 3 is 2.88 bits per heavy atom. The molecule has 7 heteroatoms. The lowest BCUT2D eigenvalue weighted by Crippen LogP contribution is -2.30. The smallest absolute Gasteiger partial charge is 0.338 e. The Morgan fingerprint density at radius 1 is 1.50 bits per heavy atom. The zero-order chi connectivity index (χ0) is 12.0. The molecule has 0 aromatic carbocycles. The highest BCUT2D eigenvalue weighted by Gasteiger charge is 2.13. The van der Waals surface area contributed by atoms with Gasteiger partial charge in [-0.1, -0.05) is 0 Å². The molecule has 5 N–H and O–H groups in total.